The topological polar surface area (TPSA) is 145 Å². The van der Waals surface area contributed by atoms with Gasteiger partial charge in [0.05, 0.1) is 6.42 Å². The van der Waals surface area contributed by atoms with Crippen molar-refractivity contribution in [2.45, 2.75) is 103 Å². The van der Waals surface area contributed by atoms with E-state index in [1.807, 2.05) is 27.7 Å². The molecule has 7 atom stereocenters. The van der Waals surface area contributed by atoms with Gasteiger partial charge in [-0.15, -0.1) is 6.58 Å². The van der Waals surface area contributed by atoms with E-state index in [0.717, 1.165) is 0 Å². The molecule has 0 aromatic rings. The lowest BCUT2D eigenvalue weighted by Gasteiger charge is -2.38. The first-order chi connectivity index (χ1) is 19.8. The van der Waals surface area contributed by atoms with Crippen LogP contribution in [0.3, 0.4) is 0 Å². The monoisotopic (exact) mass is 591 g/mol. The van der Waals surface area contributed by atoms with E-state index >= 15 is 0 Å². The molecule has 0 unspecified atom stereocenters. The molecule has 5 amide bonds. The molecule has 12 heteroatoms. The number of nitrogens with zero attached hydrogens (tertiary/aromatic N) is 3. The SMILES string of the molecule is C=CC[C@@H]1OC(=O)CCNC(=O)[C@H](C)N(C)C(=O)[C@H]([C@@H](C)CC)N(C)C(=O)[C@H]([C@@H](C)CC)NC(=O)[C@@H]2CCCN2C1=O. The third-order valence-corrected chi connectivity index (χ3v) is 8.68. The van der Waals surface area contributed by atoms with Gasteiger partial charge in [-0.3, -0.25) is 28.8 Å². The minimum Gasteiger partial charge on any atom is -0.452 e. The van der Waals surface area contributed by atoms with Crippen LogP contribution in [0.25, 0.3) is 0 Å². The number of carbonyl (C=O) groups excluding carboxylic acids is 6. The highest BCUT2D eigenvalue weighted by atomic mass is 16.5. The Balaban J connectivity index is 2.55. The largest absolute Gasteiger partial charge is 0.452 e. The van der Waals surface area contributed by atoms with Gasteiger partial charge in [-0.2, -0.15) is 0 Å². The molecule has 2 saturated heterocycles. The number of esters is 1. The highest BCUT2D eigenvalue weighted by molar-refractivity contribution is 5.96. The summed E-state index contributed by atoms with van der Waals surface area (Å²) in [6.07, 6.45) is 2.30. The molecular weight excluding hydrogens is 542 g/mol. The molecule has 2 aliphatic heterocycles. The second kappa shape index (κ2) is 15.7. The maximum Gasteiger partial charge on any atom is 0.308 e. The van der Waals surface area contributed by atoms with Gasteiger partial charge < -0.3 is 30.1 Å². The lowest BCUT2D eigenvalue weighted by molar-refractivity contribution is -0.161. The molecule has 2 fully saturated rings. The molecule has 0 bridgehead atoms. The summed E-state index contributed by atoms with van der Waals surface area (Å²) in [5, 5.41) is 5.54. The van der Waals surface area contributed by atoms with Crippen molar-refractivity contribution in [1.29, 1.82) is 0 Å². The van der Waals surface area contributed by atoms with Gasteiger partial charge in [0, 0.05) is 33.6 Å². The molecular formula is C30H49N5O7. The lowest BCUT2D eigenvalue weighted by atomic mass is 9.92. The summed E-state index contributed by atoms with van der Waals surface area (Å²) < 4.78 is 5.46. The molecule has 236 valence electrons. The van der Waals surface area contributed by atoms with Crippen LogP contribution in [0.15, 0.2) is 12.7 Å². The molecule has 12 nitrogen and oxygen atoms in total. The summed E-state index contributed by atoms with van der Waals surface area (Å²) in [5.74, 6) is -3.49. The highest BCUT2D eigenvalue weighted by Gasteiger charge is 2.42. The first-order valence-corrected chi connectivity index (χ1v) is 15.0. The molecule has 42 heavy (non-hydrogen) atoms. The van der Waals surface area contributed by atoms with Gasteiger partial charge in [-0.1, -0.05) is 46.6 Å². The zero-order valence-corrected chi connectivity index (χ0v) is 26.2. The van der Waals surface area contributed by atoms with Crippen LogP contribution in [-0.2, 0) is 33.5 Å². The number of hydrogen-bond acceptors (Lipinski definition) is 7. The van der Waals surface area contributed by atoms with E-state index < -0.39 is 65.8 Å². The van der Waals surface area contributed by atoms with Gasteiger partial charge in [0.25, 0.3) is 5.91 Å². The number of carbonyl (C=O) groups is 6. The van der Waals surface area contributed by atoms with E-state index in [9.17, 15) is 28.8 Å². The van der Waals surface area contributed by atoms with Crippen molar-refractivity contribution in [1.82, 2.24) is 25.3 Å². The highest BCUT2D eigenvalue weighted by Crippen LogP contribution is 2.24. The molecule has 0 saturated carbocycles. The second-order valence-corrected chi connectivity index (χ2v) is 11.5. The van der Waals surface area contributed by atoms with E-state index in [1.165, 1.54) is 27.8 Å². The first-order valence-electron chi connectivity index (χ1n) is 15.0. The van der Waals surface area contributed by atoms with Gasteiger partial charge in [-0.05, 0) is 31.6 Å². The third-order valence-electron chi connectivity index (χ3n) is 8.68. The van der Waals surface area contributed by atoms with Crippen molar-refractivity contribution in [2.75, 3.05) is 27.2 Å². The number of likely N-dealkylation sites (N-methyl/N-ethyl adjacent to an activating group) is 2. The average molecular weight is 592 g/mol. The van der Waals surface area contributed by atoms with Crippen LogP contribution >= 0.6 is 0 Å². The van der Waals surface area contributed by atoms with Crippen LogP contribution in [0, 0.1) is 11.8 Å². The van der Waals surface area contributed by atoms with Crippen molar-refractivity contribution >= 4 is 35.5 Å². The molecule has 2 aliphatic rings. The van der Waals surface area contributed by atoms with Gasteiger partial charge >= 0.3 is 5.97 Å². The van der Waals surface area contributed by atoms with E-state index in [1.54, 1.807) is 14.0 Å². The molecule has 0 aliphatic carbocycles. The van der Waals surface area contributed by atoms with Gasteiger partial charge in [0.1, 0.15) is 24.2 Å². The maximum absolute atomic E-state index is 14.0. The zero-order valence-electron chi connectivity index (χ0n) is 26.2. The smallest absolute Gasteiger partial charge is 0.308 e. The van der Waals surface area contributed by atoms with Crippen LogP contribution in [0.5, 0.6) is 0 Å². The zero-order chi connectivity index (χ0) is 31.7. The van der Waals surface area contributed by atoms with Crippen LogP contribution < -0.4 is 10.6 Å². The van der Waals surface area contributed by atoms with E-state index in [4.69, 9.17) is 4.74 Å². The predicted molar refractivity (Wildman–Crippen MR) is 157 cm³/mol. The van der Waals surface area contributed by atoms with Crippen molar-refractivity contribution in [3.05, 3.63) is 12.7 Å². The fourth-order valence-corrected chi connectivity index (χ4v) is 5.37. The summed E-state index contributed by atoms with van der Waals surface area (Å²) in [7, 11) is 3.05. The molecule has 2 heterocycles. The average Bonchev–Trinajstić information content (AvgIpc) is 3.47. The minimum absolute atomic E-state index is 0.0570. The van der Waals surface area contributed by atoms with Gasteiger partial charge in [0.15, 0.2) is 6.10 Å². The Kier molecular flexibility index (Phi) is 13.0. The fraction of sp³-hybridized carbons (Fsp3) is 0.733. The number of fused-ring (bicyclic) bond motifs is 1. The Labute approximate surface area is 249 Å². The molecule has 2 rings (SSSR count). The quantitative estimate of drug-likeness (QED) is 0.349. The van der Waals surface area contributed by atoms with Crippen LogP contribution in [0.1, 0.15) is 73.1 Å². The number of ether oxygens (including phenoxy) is 1. The number of amides is 5. The summed E-state index contributed by atoms with van der Waals surface area (Å²) in [5.41, 5.74) is 0. The molecule has 0 aromatic heterocycles. The van der Waals surface area contributed by atoms with Crippen molar-refractivity contribution < 1.29 is 33.5 Å². The molecule has 2 N–H and O–H groups in total. The molecule has 0 aromatic carbocycles. The van der Waals surface area contributed by atoms with Gasteiger partial charge in [0.2, 0.25) is 23.6 Å². The minimum atomic E-state index is -1.17. The molecule has 0 radical (unpaired) electrons. The Morgan fingerprint density at radius 1 is 0.952 bits per heavy atom. The van der Waals surface area contributed by atoms with E-state index in [0.29, 0.717) is 32.2 Å². The first kappa shape index (κ1) is 34.8. The van der Waals surface area contributed by atoms with Gasteiger partial charge in [-0.25, -0.2) is 0 Å². The van der Waals surface area contributed by atoms with Crippen molar-refractivity contribution in [2.24, 2.45) is 11.8 Å². The maximum atomic E-state index is 14.0. The summed E-state index contributed by atoms with van der Waals surface area (Å²) in [6.45, 7) is 13.0. The Morgan fingerprint density at radius 2 is 1.60 bits per heavy atom. The fourth-order valence-electron chi connectivity index (χ4n) is 5.37. The third kappa shape index (κ3) is 8.10. The number of rotatable bonds is 6. The lowest BCUT2D eigenvalue weighted by Crippen LogP contribution is -2.61. The van der Waals surface area contributed by atoms with E-state index in [-0.39, 0.29) is 31.2 Å². The number of nitrogens with one attached hydrogen (secondary N) is 2. The standard InChI is InChI=1S/C30H49N5O7/c1-9-13-22-28(39)35-17-12-14-21(35)27(38)32-24(18(4)10-2)29(40)34(8)25(19(5)11-3)30(41)33(7)20(6)26(37)31-16-15-23(36)42-22/h9,18-22,24-25H,1,10-17H2,2-8H3,(H,31,37)(H,32,38)/t18-,19-,20-,21-,22-,24-,25-/m0/s1. The number of hydrogen-bond donors (Lipinski definition) is 2. The van der Waals surface area contributed by atoms with Crippen LogP contribution in [0.4, 0.5) is 0 Å². The normalized spacial score (nSPS) is 29.0. The van der Waals surface area contributed by atoms with Crippen molar-refractivity contribution in [3.63, 3.8) is 0 Å². The molecule has 0 spiro atoms. The van der Waals surface area contributed by atoms with E-state index in [2.05, 4.69) is 17.2 Å². The second-order valence-electron chi connectivity index (χ2n) is 11.5. The van der Waals surface area contributed by atoms with Crippen LogP contribution in [0.2, 0.25) is 0 Å². The summed E-state index contributed by atoms with van der Waals surface area (Å²) in [4.78, 5) is 84.5. The summed E-state index contributed by atoms with van der Waals surface area (Å²) in [6, 6.07) is -3.56. The predicted octanol–water partition coefficient (Wildman–Crippen LogP) is 1.24. The Bertz CT molecular complexity index is 1030. The number of cyclic esters (lactones) is 1. The Hall–Kier alpha value is -3.44. The Morgan fingerprint density at radius 3 is 2.19 bits per heavy atom. The summed E-state index contributed by atoms with van der Waals surface area (Å²) >= 11 is 0. The van der Waals surface area contributed by atoms with Crippen LogP contribution in [-0.4, -0.2) is 108 Å². The van der Waals surface area contributed by atoms with Crippen molar-refractivity contribution in [3.8, 4) is 0 Å².